The molecule has 8 nitrogen and oxygen atoms in total. The van der Waals surface area contributed by atoms with Crippen molar-refractivity contribution in [1.82, 2.24) is 15.0 Å². The van der Waals surface area contributed by atoms with Crippen LogP contribution in [-0.4, -0.2) is 65.6 Å². The number of aliphatic hydroxyl groups is 1. The van der Waals surface area contributed by atoms with E-state index in [0.717, 1.165) is 32.6 Å². The minimum Gasteiger partial charge on any atom is -0.393 e. The van der Waals surface area contributed by atoms with Crippen molar-refractivity contribution in [1.29, 1.82) is 0 Å². The Balaban J connectivity index is 1.78. The van der Waals surface area contributed by atoms with E-state index in [1.54, 1.807) is 0 Å². The molecule has 2 atom stereocenters. The number of nitrogens with zero attached hydrogens (tertiary/aromatic N) is 5. The van der Waals surface area contributed by atoms with E-state index in [4.69, 9.17) is 10.5 Å². The summed E-state index contributed by atoms with van der Waals surface area (Å²) < 4.78 is 5.34. The highest BCUT2D eigenvalue weighted by atomic mass is 16.5. The first-order valence-electron chi connectivity index (χ1n) is 7.41. The zero-order valence-corrected chi connectivity index (χ0v) is 12.3. The fourth-order valence-electron chi connectivity index (χ4n) is 2.78. The number of aliphatic hydroxyl groups excluding tert-OH is 1. The average molecular weight is 294 g/mol. The molecule has 0 amide bonds. The van der Waals surface area contributed by atoms with E-state index in [1.165, 1.54) is 0 Å². The van der Waals surface area contributed by atoms with Gasteiger partial charge in [-0.15, -0.1) is 0 Å². The van der Waals surface area contributed by atoms with Crippen molar-refractivity contribution < 1.29 is 9.84 Å². The van der Waals surface area contributed by atoms with Crippen LogP contribution < -0.4 is 15.5 Å². The third-order valence-electron chi connectivity index (χ3n) is 4.11. The summed E-state index contributed by atoms with van der Waals surface area (Å²) in [6.07, 6.45) is 0.628. The molecule has 2 saturated heterocycles. The first-order valence-corrected chi connectivity index (χ1v) is 7.41. The van der Waals surface area contributed by atoms with Crippen LogP contribution in [0.25, 0.3) is 0 Å². The Labute approximate surface area is 123 Å². The molecule has 1 aromatic heterocycles. The molecule has 3 heterocycles. The maximum absolute atomic E-state index is 9.70. The number of nitrogen functional groups attached to an aromatic ring is 1. The largest absolute Gasteiger partial charge is 0.393 e. The van der Waals surface area contributed by atoms with Crippen molar-refractivity contribution in [3.8, 4) is 0 Å². The Bertz CT molecular complexity index is 492. The van der Waals surface area contributed by atoms with E-state index in [1.807, 2.05) is 6.92 Å². The normalized spacial score (nSPS) is 24.4. The van der Waals surface area contributed by atoms with Gasteiger partial charge in [-0.05, 0) is 13.3 Å². The molecular formula is C13H22N6O2. The highest BCUT2D eigenvalue weighted by molar-refractivity contribution is 5.44. The fourth-order valence-corrected chi connectivity index (χ4v) is 2.78. The lowest BCUT2D eigenvalue weighted by Crippen LogP contribution is -2.38. The summed E-state index contributed by atoms with van der Waals surface area (Å²) in [4.78, 5) is 17.2. The summed E-state index contributed by atoms with van der Waals surface area (Å²) in [7, 11) is 0. The fraction of sp³-hybridized carbons (Fsp3) is 0.769. The lowest BCUT2D eigenvalue weighted by atomic mass is 10.0. The van der Waals surface area contributed by atoms with Gasteiger partial charge in [-0.2, -0.15) is 15.0 Å². The molecule has 0 aromatic carbocycles. The second-order valence-electron chi connectivity index (χ2n) is 5.63. The molecule has 0 radical (unpaired) electrons. The minimum atomic E-state index is -0.312. The van der Waals surface area contributed by atoms with Crippen LogP contribution in [0.2, 0.25) is 0 Å². The molecule has 1 aromatic rings. The number of rotatable bonds is 3. The molecular weight excluding hydrogens is 272 g/mol. The van der Waals surface area contributed by atoms with Crippen LogP contribution in [0.15, 0.2) is 0 Å². The molecule has 0 spiro atoms. The number of nitrogens with two attached hydrogens (primary N) is 1. The molecule has 3 rings (SSSR count). The summed E-state index contributed by atoms with van der Waals surface area (Å²) in [5.74, 6) is 1.71. The number of ether oxygens (including phenoxy) is 1. The Morgan fingerprint density at radius 3 is 2.43 bits per heavy atom. The molecule has 2 aliphatic rings. The Kier molecular flexibility index (Phi) is 4.07. The van der Waals surface area contributed by atoms with Crippen molar-refractivity contribution in [2.45, 2.75) is 19.4 Å². The number of hydrogen-bond donors (Lipinski definition) is 2. The summed E-state index contributed by atoms with van der Waals surface area (Å²) in [5.41, 5.74) is 5.83. The molecule has 0 aliphatic carbocycles. The van der Waals surface area contributed by atoms with Crippen molar-refractivity contribution in [3.63, 3.8) is 0 Å². The molecule has 116 valence electrons. The van der Waals surface area contributed by atoms with Gasteiger partial charge in [0.2, 0.25) is 17.8 Å². The summed E-state index contributed by atoms with van der Waals surface area (Å²) in [6.45, 7) is 6.29. The lowest BCUT2D eigenvalue weighted by Gasteiger charge is -2.27. The van der Waals surface area contributed by atoms with Crippen molar-refractivity contribution in [2.24, 2.45) is 5.92 Å². The van der Waals surface area contributed by atoms with Crippen molar-refractivity contribution >= 4 is 17.8 Å². The second kappa shape index (κ2) is 5.98. The number of anilines is 3. The average Bonchev–Trinajstić information content (AvgIpc) is 2.98. The van der Waals surface area contributed by atoms with Crippen LogP contribution in [-0.2, 0) is 4.74 Å². The highest BCUT2D eigenvalue weighted by Crippen LogP contribution is 2.25. The first-order chi connectivity index (χ1) is 10.1. The van der Waals surface area contributed by atoms with Crippen LogP contribution in [0.5, 0.6) is 0 Å². The highest BCUT2D eigenvalue weighted by Gasteiger charge is 2.28. The zero-order chi connectivity index (χ0) is 14.8. The predicted molar refractivity (Wildman–Crippen MR) is 79.3 cm³/mol. The van der Waals surface area contributed by atoms with Crippen molar-refractivity contribution in [3.05, 3.63) is 0 Å². The van der Waals surface area contributed by atoms with Gasteiger partial charge >= 0.3 is 0 Å². The van der Waals surface area contributed by atoms with E-state index in [-0.39, 0.29) is 18.0 Å². The Morgan fingerprint density at radius 2 is 1.81 bits per heavy atom. The Hall–Kier alpha value is -1.67. The van der Waals surface area contributed by atoms with E-state index >= 15 is 0 Å². The quantitative estimate of drug-likeness (QED) is 0.769. The number of morpholine rings is 1. The topological polar surface area (TPSA) is 101 Å². The smallest absolute Gasteiger partial charge is 0.232 e. The van der Waals surface area contributed by atoms with Gasteiger partial charge in [-0.1, -0.05) is 0 Å². The van der Waals surface area contributed by atoms with Gasteiger partial charge in [0.15, 0.2) is 0 Å². The summed E-state index contributed by atoms with van der Waals surface area (Å²) in [6, 6.07) is 0. The van der Waals surface area contributed by atoms with Gasteiger partial charge in [0.25, 0.3) is 0 Å². The van der Waals surface area contributed by atoms with Gasteiger partial charge in [-0.25, -0.2) is 0 Å². The van der Waals surface area contributed by atoms with Crippen molar-refractivity contribution in [2.75, 3.05) is 54.9 Å². The maximum Gasteiger partial charge on any atom is 0.232 e. The molecule has 3 N–H and O–H groups in total. The van der Waals surface area contributed by atoms with Crippen LogP contribution >= 0.6 is 0 Å². The predicted octanol–water partition coefficient (Wildman–Crippen LogP) is -0.502. The Morgan fingerprint density at radius 1 is 1.14 bits per heavy atom. The SMILES string of the molecule is CC(O)C1CCN(c2nc(N)nc(N3CCOCC3)n2)C1. The molecule has 0 bridgehead atoms. The molecule has 2 aliphatic heterocycles. The van der Waals surface area contributed by atoms with Gasteiger partial charge in [-0.3, -0.25) is 0 Å². The third kappa shape index (κ3) is 3.16. The third-order valence-corrected chi connectivity index (χ3v) is 4.11. The van der Waals surface area contributed by atoms with Crippen LogP contribution in [0.1, 0.15) is 13.3 Å². The summed E-state index contributed by atoms with van der Waals surface area (Å²) >= 11 is 0. The molecule has 8 heteroatoms. The van der Waals surface area contributed by atoms with Gasteiger partial charge in [0.1, 0.15) is 0 Å². The van der Waals surface area contributed by atoms with E-state index in [2.05, 4.69) is 24.8 Å². The standard InChI is InChI=1S/C13H22N6O2/c1-9(20)10-2-3-19(8-10)13-16-11(14)15-12(17-13)18-4-6-21-7-5-18/h9-10,20H,2-8H2,1H3,(H2,14,15,16,17). The summed E-state index contributed by atoms with van der Waals surface area (Å²) in [5, 5.41) is 9.70. The molecule has 2 fully saturated rings. The first kappa shape index (κ1) is 14.3. The number of hydrogen-bond acceptors (Lipinski definition) is 8. The lowest BCUT2D eigenvalue weighted by molar-refractivity contribution is 0.122. The van der Waals surface area contributed by atoms with Gasteiger partial charge in [0, 0.05) is 32.1 Å². The minimum absolute atomic E-state index is 0.238. The van der Waals surface area contributed by atoms with Crippen LogP contribution in [0.3, 0.4) is 0 Å². The second-order valence-corrected chi connectivity index (χ2v) is 5.63. The monoisotopic (exact) mass is 294 g/mol. The van der Waals surface area contributed by atoms with Gasteiger partial charge < -0.3 is 25.4 Å². The van der Waals surface area contributed by atoms with E-state index in [9.17, 15) is 5.11 Å². The molecule has 21 heavy (non-hydrogen) atoms. The number of aromatic nitrogens is 3. The maximum atomic E-state index is 9.70. The zero-order valence-electron chi connectivity index (χ0n) is 12.3. The van der Waals surface area contributed by atoms with Gasteiger partial charge in [0.05, 0.1) is 19.3 Å². The van der Waals surface area contributed by atoms with Crippen LogP contribution in [0, 0.1) is 5.92 Å². The van der Waals surface area contributed by atoms with Crippen LogP contribution in [0.4, 0.5) is 17.8 Å². The van der Waals surface area contributed by atoms with E-state index < -0.39 is 0 Å². The molecule has 0 saturated carbocycles. The van der Waals surface area contributed by atoms with E-state index in [0.29, 0.717) is 25.1 Å². The molecule has 2 unspecified atom stereocenters.